The van der Waals surface area contributed by atoms with Gasteiger partial charge in [0.2, 0.25) is 0 Å². The van der Waals surface area contributed by atoms with Crippen LogP contribution in [-0.4, -0.2) is 28.3 Å². The number of alkyl halides is 6. The van der Waals surface area contributed by atoms with Crippen LogP contribution < -0.4 is 0 Å². The van der Waals surface area contributed by atoms with Crippen LogP contribution in [0.4, 0.5) is 26.3 Å². The number of thioether (sulfide) groups is 2. The summed E-state index contributed by atoms with van der Waals surface area (Å²) in [5.41, 5.74) is -6.67. The van der Waals surface area contributed by atoms with Gasteiger partial charge in [0.25, 0.3) is 0 Å². The van der Waals surface area contributed by atoms with Crippen molar-refractivity contribution in [1.82, 2.24) is 0 Å². The van der Waals surface area contributed by atoms with E-state index in [-0.39, 0.29) is 23.5 Å². The maximum Gasteiger partial charge on any atom is 0.441 e. The molecule has 30 heavy (non-hydrogen) atoms. The van der Waals surface area contributed by atoms with Crippen molar-refractivity contribution in [3.63, 3.8) is 0 Å². The van der Waals surface area contributed by atoms with Gasteiger partial charge < -0.3 is 0 Å². The van der Waals surface area contributed by atoms with Crippen molar-refractivity contribution in [1.29, 1.82) is 0 Å². The Balaban J connectivity index is 2.40. The average molecular weight is 467 g/mol. The number of hydrogen-bond acceptors (Lipinski definition) is 3. The highest BCUT2D eigenvalue weighted by Crippen LogP contribution is 2.40. The predicted molar refractivity (Wildman–Crippen MR) is 110 cm³/mol. The molecule has 1 nitrogen and oxygen atoms in total. The van der Waals surface area contributed by atoms with Crippen molar-refractivity contribution in [3.8, 4) is 0 Å². The molecule has 2 unspecified atom stereocenters. The van der Waals surface area contributed by atoms with Gasteiger partial charge in [-0.1, -0.05) is 59.7 Å². The second kappa shape index (κ2) is 10.1. The molecule has 0 saturated heterocycles. The van der Waals surface area contributed by atoms with Crippen LogP contribution in [0.3, 0.4) is 0 Å². The van der Waals surface area contributed by atoms with Gasteiger partial charge in [-0.3, -0.25) is 4.79 Å². The molecule has 0 aliphatic rings. The summed E-state index contributed by atoms with van der Waals surface area (Å²) in [6.45, 7) is 3.58. The maximum absolute atomic E-state index is 13.3. The van der Waals surface area contributed by atoms with E-state index < -0.39 is 40.1 Å². The van der Waals surface area contributed by atoms with Crippen molar-refractivity contribution < 1.29 is 31.1 Å². The summed E-state index contributed by atoms with van der Waals surface area (Å²) < 4.78 is 77.0. The van der Waals surface area contributed by atoms with Gasteiger partial charge in [-0.25, -0.2) is 0 Å². The first-order chi connectivity index (χ1) is 13.9. The van der Waals surface area contributed by atoms with Gasteiger partial charge in [0, 0.05) is 11.5 Å². The lowest BCUT2D eigenvalue weighted by atomic mass is 9.85. The van der Waals surface area contributed by atoms with Crippen LogP contribution in [0.2, 0.25) is 0 Å². The smallest absolute Gasteiger partial charge is 0.298 e. The number of carbonyl (C=O) groups is 1. The Morgan fingerprint density at radius 2 is 1.00 bits per heavy atom. The van der Waals surface area contributed by atoms with Crippen LogP contribution in [0.1, 0.15) is 34.1 Å². The first kappa shape index (κ1) is 24.7. The van der Waals surface area contributed by atoms with Gasteiger partial charge in [-0.15, -0.1) is 0 Å². The summed E-state index contributed by atoms with van der Waals surface area (Å²) in [5, 5.41) is 0. The van der Waals surface area contributed by atoms with E-state index in [1.165, 1.54) is 0 Å². The molecule has 0 amide bonds. The number of rotatable bonds is 8. The lowest BCUT2D eigenvalue weighted by Gasteiger charge is -2.24. The molecule has 0 aromatic heterocycles. The molecule has 0 radical (unpaired) electrons. The fourth-order valence-electron chi connectivity index (χ4n) is 2.88. The van der Waals surface area contributed by atoms with Crippen LogP contribution in [-0.2, 0) is 4.79 Å². The molecule has 0 bridgehead atoms. The lowest BCUT2D eigenvalue weighted by Crippen LogP contribution is -2.26. The van der Waals surface area contributed by atoms with Gasteiger partial charge in [0.05, 0.1) is 11.8 Å². The monoisotopic (exact) mass is 466 g/mol. The van der Waals surface area contributed by atoms with Crippen LogP contribution >= 0.6 is 23.5 Å². The maximum atomic E-state index is 13.3. The normalized spacial score (nSPS) is 14.4. The summed E-state index contributed by atoms with van der Waals surface area (Å²) in [6, 6.07) is 12.9. The molecule has 0 aliphatic carbocycles. The van der Waals surface area contributed by atoms with Gasteiger partial charge >= 0.3 is 11.0 Å². The molecule has 0 fully saturated rings. The van der Waals surface area contributed by atoms with Crippen molar-refractivity contribution in [2.45, 2.75) is 36.7 Å². The number of aryl methyl sites for hydroxylation is 2. The Morgan fingerprint density at radius 3 is 1.27 bits per heavy atom. The van der Waals surface area contributed by atoms with E-state index in [1.54, 1.807) is 62.4 Å². The van der Waals surface area contributed by atoms with Crippen LogP contribution in [0.25, 0.3) is 0 Å². The Bertz CT molecular complexity index is 759. The number of benzene rings is 2. The minimum absolute atomic E-state index is 0.342. The van der Waals surface area contributed by atoms with Crippen LogP contribution in [0.15, 0.2) is 48.5 Å². The Labute approximate surface area is 179 Å². The summed E-state index contributed by atoms with van der Waals surface area (Å²) in [6.07, 6.45) is 0. The van der Waals surface area contributed by atoms with E-state index in [4.69, 9.17) is 0 Å². The third-order valence-corrected chi connectivity index (χ3v) is 6.13. The quantitative estimate of drug-likeness (QED) is 0.382. The van der Waals surface area contributed by atoms with Gasteiger partial charge in [0.15, 0.2) is 0 Å². The van der Waals surface area contributed by atoms with Crippen molar-refractivity contribution in [2.75, 3.05) is 11.5 Å². The molecular weight excluding hydrogens is 446 g/mol. The zero-order valence-corrected chi connectivity index (χ0v) is 17.8. The fraction of sp³-hybridized carbons (Fsp3) is 0.381. The number of halogens is 6. The van der Waals surface area contributed by atoms with E-state index in [2.05, 4.69) is 0 Å². The topological polar surface area (TPSA) is 17.1 Å². The molecule has 2 aromatic rings. The Hall–Kier alpha value is -1.61. The lowest BCUT2D eigenvalue weighted by molar-refractivity contribution is -0.121. The summed E-state index contributed by atoms with van der Waals surface area (Å²) >= 11 is -0.684. The van der Waals surface area contributed by atoms with Gasteiger partial charge in [-0.05, 0) is 48.5 Å². The highest BCUT2D eigenvalue weighted by atomic mass is 32.2. The molecule has 0 N–H and O–H groups in total. The first-order valence-corrected chi connectivity index (χ1v) is 10.9. The summed E-state index contributed by atoms with van der Waals surface area (Å²) in [7, 11) is 0. The summed E-state index contributed by atoms with van der Waals surface area (Å²) in [4.78, 5) is 13.3. The fourth-order valence-corrected chi connectivity index (χ4v) is 4.31. The third-order valence-electron chi connectivity index (χ3n) is 4.47. The molecule has 2 atom stereocenters. The van der Waals surface area contributed by atoms with E-state index in [9.17, 15) is 31.1 Å². The van der Waals surface area contributed by atoms with E-state index in [1.807, 2.05) is 0 Å². The van der Waals surface area contributed by atoms with Crippen molar-refractivity contribution in [2.24, 2.45) is 0 Å². The zero-order valence-electron chi connectivity index (χ0n) is 16.2. The zero-order chi connectivity index (χ0) is 22.5. The number of Topliss-reactive ketones (excluding diaryl/α,β-unsaturated/α-hetero) is 1. The molecule has 2 aromatic carbocycles. The summed E-state index contributed by atoms with van der Waals surface area (Å²) in [5.74, 6) is -4.21. The number of hydrogen-bond donors (Lipinski definition) is 0. The molecule has 2 rings (SSSR count). The minimum atomic E-state index is -4.55. The van der Waals surface area contributed by atoms with Crippen molar-refractivity contribution >= 4 is 29.3 Å². The van der Waals surface area contributed by atoms with E-state index in [0.717, 1.165) is 11.1 Å². The minimum Gasteiger partial charge on any atom is -0.298 e. The van der Waals surface area contributed by atoms with Gasteiger partial charge in [0.1, 0.15) is 5.78 Å². The predicted octanol–water partition coefficient (Wildman–Crippen LogP) is 7.25. The molecule has 0 saturated carbocycles. The van der Waals surface area contributed by atoms with Gasteiger partial charge in [-0.2, -0.15) is 26.3 Å². The van der Waals surface area contributed by atoms with E-state index in [0.29, 0.717) is 11.1 Å². The Morgan fingerprint density at radius 1 is 0.700 bits per heavy atom. The second-order valence-corrected chi connectivity index (χ2v) is 9.01. The van der Waals surface area contributed by atoms with E-state index >= 15 is 0 Å². The number of ketones is 1. The average Bonchev–Trinajstić information content (AvgIpc) is 2.63. The standard InChI is InChI=1S/C21H20F6OS2/c1-13-3-7-15(8-4-13)17(11-29-20(22,23)24)19(28)18(12-30-21(25,26)27)16-9-5-14(2)6-10-16/h3-10,17-18H,11-12H2,1-2H3. The highest BCUT2D eigenvalue weighted by molar-refractivity contribution is 8.00. The van der Waals surface area contributed by atoms with Crippen LogP contribution in [0.5, 0.6) is 0 Å². The SMILES string of the molecule is Cc1ccc(C(CSC(F)(F)F)C(=O)C(CSC(F)(F)F)c2ccc(C)cc2)cc1. The highest BCUT2D eigenvalue weighted by Gasteiger charge is 2.37. The molecular formula is C21H20F6OS2. The molecule has 164 valence electrons. The second-order valence-electron chi connectivity index (χ2n) is 6.84. The van der Waals surface area contributed by atoms with Crippen LogP contribution in [0, 0.1) is 13.8 Å². The molecule has 0 spiro atoms. The van der Waals surface area contributed by atoms with Crippen molar-refractivity contribution in [3.05, 3.63) is 70.8 Å². The first-order valence-electron chi connectivity index (χ1n) is 8.94. The molecule has 0 aliphatic heterocycles. The Kier molecular flexibility index (Phi) is 8.33. The third kappa shape index (κ3) is 7.91. The molecule has 9 heteroatoms. The molecule has 0 heterocycles. The largest absolute Gasteiger partial charge is 0.441 e. The number of carbonyl (C=O) groups excluding carboxylic acids is 1.